The molecule has 3 fully saturated rings. The Bertz CT molecular complexity index is 1240. The predicted octanol–water partition coefficient (Wildman–Crippen LogP) is 5.81. The van der Waals surface area contributed by atoms with Crippen molar-refractivity contribution in [3.63, 3.8) is 0 Å². The van der Waals surface area contributed by atoms with Crippen LogP contribution in [0.15, 0.2) is 17.7 Å². The number of fused-ring (bicyclic) bond motifs is 4. The number of benzene rings is 1. The van der Waals surface area contributed by atoms with E-state index in [0.29, 0.717) is 17.0 Å². The molecule has 5 unspecified atom stereocenters. The van der Waals surface area contributed by atoms with Gasteiger partial charge in [-0.25, -0.2) is 0 Å². The van der Waals surface area contributed by atoms with Gasteiger partial charge in [0.25, 0.3) is 0 Å². The molecular weight excluding hydrogens is 458 g/mol. The Labute approximate surface area is 223 Å². The van der Waals surface area contributed by atoms with E-state index in [1.807, 2.05) is 0 Å². The number of aromatic hydroxyl groups is 2. The summed E-state index contributed by atoms with van der Waals surface area (Å²) in [5.41, 5.74) is 2.50. The second-order valence-corrected chi connectivity index (χ2v) is 13.9. The first kappa shape index (κ1) is 26.4. The highest BCUT2D eigenvalue weighted by Crippen LogP contribution is 2.70. The van der Waals surface area contributed by atoms with E-state index in [-0.39, 0.29) is 33.2 Å². The van der Waals surface area contributed by atoms with Crippen molar-refractivity contribution in [3.8, 4) is 11.5 Å². The summed E-state index contributed by atoms with van der Waals surface area (Å²) >= 11 is 0. The summed E-state index contributed by atoms with van der Waals surface area (Å²) in [7, 11) is 0. The zero-order chi connectivity index (χ0) is 26.8. The van der Waals surface area contributed by atoms with Crippen LogP contribution in [-0.2, 0) is 11.2 Å². The number of hydrogen-bond donors (Lipinski definition) is 2. The van der Waals surface area contributed by atoms with Crippen molar-refractivity contribution in [1.82, 2.24) is 4.90 Å². The monoisotopic (exact) mass is 505 g/mol. The van der Waals surface area contributed by atoms with E-state index in [1.165, 1.54) is 12.0 Å². The van der Waals surface area contributed by atoms with Gasteiger partial charge in [-0.15, -0.1) is 0 Å². The van der Waals surface area contributed by atoms with Crippen molar-refractivity contribution in [1.29, 1.82) is 0 Å². The molecule has 1 saturated heterocycles. The molecule has 1 amide bonds. The molecule has 0 bridgehead atoms. The van der Waals surface area contributed by atoms with Crippen molar-refractivity contribution in [2.45, 2.75) is 98.8 Å². The second kappa shape index (κ2) is 8.92. The lowest BCUT2D eigenvalue weighted by atomic mass is 9.39. The van der Waals surface area contributed by atoms with Gasteiger partial charge in [-0.05, 0) is 110 Å². The molecule has 3 aliphatic carbocycles. The standard InChI is InChI=1S/C33H47NO3/c1-22-11-12-25-23(2)28(36)26(35)20-24(25)10-9-13-33(6)27-21-31(4,29(37)34-18-7-8-19-34)15-14-30(27,3)16-17-32(22,33)5/h11-12,20,27,35-36H,2,7-10,13-19,21H2,1,3-6H3/b22-11+,25-12-. The Hall–Kier alpha value is -2.23. The van der Waals surface area contributed by atoms with Crippen LogP contribution in [0.4, 0.5) is 0 Å². The number of phenols is 2. The summed E-state index contributed by atoms with van der Waals surface area (Å²) in [5, 5.41) is 22.1. The first-order chi connectivity index (χ1) is 17.3. The number of allylic oxidation sites excluding steroid dienone is 2. The Morgan fingerprint density at radius 3 is 2.35 bits per heavy atom. The van der Waals surface area contributed by atoms with E-state index in [9.17, 15) is 15.0 Å². The largest absolute Gasteiger partial charge is 0.504 e. The fourth-order valence-corrected chi connectivity index (χ4v) is 8.87. The van der Waals surface area contributed by atoms with Crippen molar-refractivity contribution < 1.29 is 15.0 Å². The van der Waals surface area contributed by atoms with Gasteiger partial charge in [0, 0.05) is 23.7 Å². The first-order valence-electron chi connectivity index (χ1n) is 14.6. The number of likely N-dealkylation sites (tertiary alicyclic amines) is 1. The summed E-state index contributed by atoms with van der Waals surface area (Å²) in [6.07, 6.45) is 15.1. The van der Waals surface area contributed by atoms with Gasteiger partial charge in [0.1, 0.15) is 0 Å². The molecule has 5 atom stereocenters. The Balaban J connectivity index is 1.58. The number of phenolic OH excluding ortho intramolecular Hbond substituents is 2. The summed E-state index contributed by atoms with van der Waals surface area (Å²) in [4.78, 5) is 16.0. The Morgan fingerprint density at radius 1 is 0.973 bits per heavy atom. The van der Waals surface area contributed by atoms with E-state index in [1.54, 1.807) is 6.07 Å². The van der Waals surface area contributed by atoms with Crippen LogP contribution in [0.5, 0.6) is 11.5 Å². The van der Waals surface area contributed by atoms with Crippen LogP contribution in [-0.4, -0.2) is 34.1 Å². The highest BCUT2D eigenvalue weighted by Gasteiger charge is 2.62. The SMILES string of the molecule is C=c1c(O)c(O)cc2/c1=C\C=C(/C)C1(C)CCC3(C)CCC(C)(C(=O)N4CCCC4)CC3C1(C)CCC2. The van der Waals surface area contributed by atoms with Gasteiger partial charge in [-0.1, -0.05) is 52.0 Å². The molecule has 4 aliphatic rings. The molecule has 1 heterocycles. The summed E-state index contributed by atoms with van der Waals surface area (Å²) in [6.45, 7) is 18.0. The normalized spacial score (nSPS) is 40.4. The molecule has 2 N–H and O–H groups in total. The summed E-state index contributed by atoms with van der Waals surface area (Å²) < 4.78 is 0. The van der Waals surface area contributed by atoms with Crippen LogP contribution in [0.2, 0.25) is 0 Å². The maximum absolute atomic E-state index is 13.8. The first-order valence-corrected chi connectivity index (χ1v) is 14.6. The lowest BCUT2D eigenvalue weighted by Crippen LogP contribution is -2.59. The molecule has 4 nitrogen and oxygen atoms in total. The van der Waals surface area contributed by atoms with Crippen LogP contribution >= 0.6 is 0 Å². The third-order valence-corrected chi connectivity index (χ3v) is 11.9. The average molecular weight is 506 g/mol. The number of amides is 1. The van der Waals surface area contributed by atoms with Crippen LogP contribution in [0.1, 0.15) is 98.0 Å². The van der Waals surface area contributed by atoms with Crippen molar-refractivity contribution in [2.75, 3.05) is 13.1 Å². The molecule has 5 rings (SSSR count). The van der Waals surface area contributed by atoms with Gasteiger partial charge < -0.3 is 15.1 Å². The number of carbonyl (C=O) groups is 1. The van der Waals surface area contributed by atoms with Crippen LogP contribution in [0, 0.1) is 27.6 Å². The van der Waals surface area contributed by atoms with Gasteiger partial charge in [-0.3, -0.25) is 4.79 Å². The van der Waals surface area contributed by atoms with Gasteiger partial charge in [-0.2, -0.15) is 0 Å². The second-order valence-electron chi connectivity index (χ2n) is 13.9. The van der Waals surface area contributed by atoms with Gasteiger partial charge >= 0.3 is 0 Å². The molecule has 0 aromatic heterocycles. The van der Waals surface area contributed by atoms with E-state index in [2.05, 4.69) is 58.2 Å². The van der Waals surface area contributed by atoms with E-state index >= 15 is 0 Å². The zero-order valence-electron chi connectivity index (χ0n) is 23.8. The Kier molecular flexibility index (Phi) is 6.36. The molecule has 4 heteroatoms. The number of aryl methyl sites for hydroxylation is 1. The molecule has 0 spiro atoms. The number of hydrogen-bond acceptors (Lipinski definition) is 3. The highest BCUT2D eigenvalue weighted by molar-refractivity contribution is 5.82. The van der Waals surface area contributed by atoms with Gasteiger partial charge in [0.2, 0.25) is 5.91 Å². The minimum atomic E-state index is -0.270. The summed E-state index contributed by atoms with van der Waals surface area (Å²) in [5.74, 6) is 0.671. The average Bonchev–Trinajstić information content (AvgIpc) is 3.40. The van der Waals surface area contributed by atoms with E-state index in [0.717, 1.165) is 81.7 Å². The molecule has 2 saturated carbocycles. The Morgan fingerprint density at radius 2 is 1.65 bits per heavy atom. The fourth-order valence-electron chi connectivity index (χ4n) is 8.87. The zero-order valence-corrected chi connectivity index (χ0v) is 23.8. The molecule has 0 radical (unpaired) electrons. The van der Waals surface area contributed by atoms with Crippen LogP contribution in [0.25, 0.3) is 12.7 Å². The fraction of sp³-hybridized carbons (Fsp3) is 0.667. The third-order valence-electron chi connectivity index (χ3n) is 11.9. The lowest BCUT2D eigenvalue weighted by Gasteiger charge is -2.65. The quantitative estimate of drug-likeness (QED) is 0.473. The highest BCUT2D eigenvalue weighted by atomic mass is 16.3. The molecule has 1 aromatic rings. The third kappa shape index (κ3) is 3.96. The van der Waals surface area contributed by atoms with E-state index in [4.69, 9.17) is 0 Å². The van der Waals surface area contributed by atoms with Crippen molar-refractivity contribution >= 4 is 18.6 Å². The topological polar surface area (TPSA) is 60.8 Å². The number of nitrogens with zero attached hydrogens (tertiary/aromatic N) is 1. The van der Waals surface area contributed by atoms with Gasteiger partial charge in [0.15, 0.2) is 11.5 Å². The summed E-state index contributed by atoms with van der Waals surface area (Å²) in [6, 6.07) is 1.72. The van der Waals surface area contributed by atoms with Crippen LogP contribution < -0.4 is 10.4 Å². The molecule has 37 heavy (non-hydrogen) atoms. The minimum Gasteiger partial charge on any atom is -0.504 e. The maximum atomic E-state index is 13.8. The number of rotatable bonds is 1. The number of carbonyl (C=O) groups excluding carboxylic acids is 1. The van der Waals surface area contributed by atoms with Crippen molar-refractivity contribution in [2.24, 2.45) is 27.6 Å². The molecule has 1 aromatic carbocycles. The van der Waals surface area contributed by atoms with Gasteiger partial charge in [0.05, 0.1) is 0 Å². The molecule has 202 valence electrons. The predicted molar refractivity (Wildman–Crippen MR) is 151 cm³/mol. The molecule has 1 aliphatic heterocycles. The molecular formula is C33H47NO3. The van der Waals surface area contributed by atoms with Crippen LogP contribution in [0.3, 0.4) is 0 Å². The van der Waals surface area contributed by atoms with E-state index < -0.39 is 0 Å². The van der Waals surface area contributed by atoms with Crippen molar-refractivity contribution in [3.05, 3.63) is 33.7 Å². The minimum absolute atomic E-state index is 0.0282. The lowest BCUT2D eigenvalue weighted by molar-refractivity contribution is -0.165. The smallest absolute Gasteiger partial charge is 0.228 e. The maximum Gasteiger partial charge on any atom is 0.228 e.